The normalized spacial score (nSPS) is 11.6. The van der Waals surface area contributed by atoms with Crippen molar-refractivity contribution < 1.29 is 12.8 Å². The third kappa shape index (κ3) is 2.46. The number of benzene rings is 1. The summed E-state index contributed by atoms with van der Waals surface area (Å²) in [7, 11) is -4.06. The number of aryl methyl sites for hydroxylation is 3. The van der Waals surface area contributed by atoms with Crippen molar-refractivity contribution >= 4 is 21.4 Å². The maximum absolute atomic E-state index is 13.9. The zero-order valence-electron chi connectivity index (χ0n) is 11.3. The molecule has 0 fully saturated rings. The summed E-state index contributed by atoms with van der Waals surface area (Å²) >= 11 is 0. The van der Waals surface area contributed by atoms with Crippen molar-refractivity contribution in [1.29, 1.82) is 0 Å². The van der Waals surface area contributed by atoms with Crippen LogP contribution in [0.3, 0.4) is 0 Å². The molecular weight excluding hydrogens is 283 g/mol. The van der Waals surface area contributed by atoms with Gasteiger partial charge in [0.25, 0.3) is 10.0 Å². The number of hydrogen-bond acceptors (Lipinski definition) is 4. The lowest BCUT2D eigenvalue weighted by Gasteiger charge is -2.10. The summed E-state index contributed by atoms with van der Waals surface area (Å²) in [5.74, 6) is -0.844. The quantitative estimate of drug-likeness (QED) is 0.753. The third-order valence-electron chi connectivity index (χ3n) is 2.97. The van der Waals surface area contributed by atoms with E-state index in [0.717, 1.165) is 12.1 Å². The summed E-state index contributed by atoms with van der Waals surface area (Å²) in [4.78, 5) is -0.486. The fraction of sp³-hybridized carbons (Fsp3) is 0.250. The molecule has 0 unspecified atom stereocenters. The molecule has 108 valence electrons. The van der Waals surface area contributed by atoms with Crippen molar-refractivity contribution in [3.63, 3.8) is 0 Å². The van der Waals surface area contributed by atoms with E-state index < -0.39 is 20.7 Å². The van der Waals surface area contributed by atoms with E-state index in [2.05, 4.69) is 14.9 Å². The van der Waals surface area contributed by atoms with E-state index >= 15 is 0 Å². The molecule has 20 heavy (non-hydrogen) atoms. The highest BCUT2D eigenvalue weighted by Gasteiger charge is 2.22. The summed E-state index contributed by atoms with van der Waals surface area (Å²) in [5.41, 5.74) is 7.68. The Labute approximate surface area is 116 Å². The number of hydrogen-bond donors (Lipinski definition) is 3. The second kappa shape index (κ2) is 4.78. The van der Waals surface area contributed by atoms with Gasteiger partial charge in [0, 0.05) is 5.69 Å². The molecule has 0 bridgehead atoms. The van der Waals surface area contributed by atoms with Gasteiger partial charge >= 0.3 is 0 Å². The van der Waals surface area contributed by atoms with Crippen LogP contribution in [0.15, 0.2) is 17.0 Å². The lowest BCUT2D eigenvalue weighted by molar-refractivity contribution is 0.570. The number of aromatic nitrogens is 2. The maximum Gasteiger partial charge on any atom is 0.265 e. The van der Waals surface area contributed by atoms with E-state index in [1.807, 2.05) is 0 Å². The van der Waals surface area contributed by atoms with Crippen LogP contribution in [-0.4, -0.2) is 18.6 Å². The smallest absolute Gasteiger partial charge is 0.265 e. The van der Waals surface area contributed by atoms with Gasteiger partial charge in [0.1, 0.15) is 10.7 Å². The number of nitrogens with two attached hydrogens (primary N) is 1. The maximum atomic E-state index is 13.9. The van der Waals surface area contributed by atoms with E-state index in [-0.39, 0.29) is 5.69 Å². The van der Waals surface area contributed by atoms with Crippen LogP contribution >= 0.6 is 0 Å². The van der Waals surface area contributed by atoms with Crippen molar-refractivity contribution in [2.75, 3.05) is 10.5 Å². The SMILES string of the molecule is Cc1cc(F)c(S(=O)(=O)Nc2c(C)n[nH]c2C)cc1N. The molecular formula is C12H15FN4O2S. The number of anilines is 2. The Morgan fingerprint density at radius 1 is 1.30 bits per heavy atom. The average Bonchev–Trinajstić information content (AvgIpc) is 2.65. The Kier molecular flexibility index (Phi) is 3.43. The van der Waals surface area contributed by atoms with Gasteiger partial charge < -0.3 is 5.73 Å². The molecule has 0 saturated carbocycles. The predicted molar refractivity (Wildman–Crippen MR) is 74.4 cm³/mol. The molecule has 4 N–H and O–H groups in total. The average molecular weight is 298 g/mol. The molecule has 0 aliphatic carbocycles. The third-order valence-corrected chi connectivity index (χ3v) is 4.34. The Balaban J connectivity index is 2.49. The van der Waals surface area contributed by atoms with Gasteiger partial charge in [-0.2, -0.15) is 5.10 Å². The van der Waals surface area contributed by atoms with Crippen molar-refractivity contribution in [3.8, 4) is 0 Å². The van der Waals surface area contributed by atoms with Gasteiger partial charge in [-0.3, -0.25) is 9.82 Å². The topological polar surface area (TPSA) is 101 Å². The van der Waals surface area contributed by atoms with Crippen molar-refractivity contribution in [3.05, 3.63) is 34.9 Å². The van der Waals surface area contributed by atoms with Gasteiger partial charge in [0.05, 0.1) is 17.1 Å². The second-order valence-corrected chi connectivity index (χ2v) is 6.20. The molecule has 0 aliphatic rings. The number of sulfonamides is 1. The highest BCUT2D eigenvalue weighted by atomic mass is 32.2. The van der Waals surface area contributed by atoms with Crippen LogP contribution in [0.5, 0.6) is 0 Å². The van der Waals surface area contributed by atoms with Crippen molar-refractivity contribution in [2.45, 2.75) is 25.7 Å². The van der Waals surface area contributed by atoms with Gasteiger partial charge in [-0.15, -0.1) is 0 Å². The van der Waals surface area contributed by atoms with Crippen LogP contribution in [0, 0.1) is 26.6 Å². The first-order valence-corrected chi connectivity index (χ1v) is 7.30. The minimum Gasteiger partial charge on any atom is -0.398 e. The number of halogens is 1. The van der Waals surface area contributed by atoms with E-state index in [1.54, 1.807) is 20.8 Å². The Morgan fingerprint density at radius 3 is 2.50 bits per heavy atom. The summed E-state index contributed by atoms with van der Waals surface area (Å²) in [5, 5.41) is 6.53. The van der Waals surface area contributed by atoms with E-state index in [1.165, 1.54) is 0 Å². The summed E-state index contributed by atoms with van der Waals surface area (Å²) in [6, 6.07) is 2.21. The minimum absolute atomic E-state index is 0.215. The highest BCUT2D eigenvalue weighted by Crippen LogP contribution is 2.25. The fourth-order valence-corrected chi connectivity index (χ4v) is 3.04. The highest BCUT2D eigenvalue weighted by molar-refractivity contribution is 7.92. The van der Waals surface area contributed by atoms with E-state index in [4.69, 9.17) is 5.73 Å². The van der Waals surface area contributed by atoms with Crippen molar-refractivity contribution in [1.82, 2.24) is 10.2 Å². The molecule has 0 aliphatic heterocycles. The van der Waals surface area contributed by atoms with Crippen LogP contribution < -0.4 is 10.5 Å². The fourth-order valence-electron chi connectivity index (χ4n) is 1.77. The molecule has 8 heteroatoms. The summed E-state index contributed by atoms with van der Waals surface area (Å²) in [6.07, 6.45) is 0. The van der Waals surface area contributed by atoms with E-state index in [0.29, 0.717) is 22.6 Å². The molecule has 0 saturated heterocycles. The number of nitrogen functional groups attached to an aromatic ring is 1. The molecule has 6 nitrogen and oxygen atoms in total. The molecule has 2 aromatic rings. The summed E-state index contributed by atoms with van der Waals surface area (Å²) < 4.78 is 40.7. The largest absolute Gasteiger partial charge is 0.398 e. The predicted octanol–water partition coefficient (Wildman–Crippen LogP) is 1.86. The molecule has 1 heterocycles. The van der Waals surface area contributed by atoms with Gasteiger partial charge in [-0.1, -0.05) is 0 Å². The Morgan fingerprint density at radius 2 is 1.95 bits per heavy atom. The van der Waals surface area contributed by atoms with E-state index in [9.17, 15) is 12.8 Å². The Bertz CT molecular complexity index is 749. The first-order valence-electron chi connectivity index (χ1n) is 5.82. The van der Waals surface area contributed by atoms with Crippen LogP contribution in [0.4, 0.5) is 15.8 Å². The lowest BCUT2D eigenvalue weighted by atomic mass is 10.2. The van der Waals surface area contributed by atoms with Gasteiger partial charge in [-0.05, 0) is 38.5 Å². The van der Waals surface area contributed by atoms with Gasteiger partial charge in [0.15, 0.2) is 0 Å². The molecule has 0 atom stereocenters. The molecule has 0 radical (unpaired) electrons. The number of nitrogens with zero attached hydrogens (tertiary/aromatic N) is 1. The number of nitrogens with one attached hydrogen (secondary N) is 2. The van der Waals surface area contributed by atoms with Gasteiger partial charge in [-0.25, -0.2) is 12.8 Å². The molecule has 0 spiro atoms. The van der Waals surface area contributed by atoms with Crippen LogP contribution in [0.25, 0.3) is 0 Å². The molecule has 1 aromatic carbocycles. The number of aromatic amines is 1. The monoisotopic (exact) mass is 298 g/mol. The number of rotatable bonds is 3. The minimum atomic E-state index is -4.06. The lowest BCUT2D eigenvalue weighted by Crippen LogP contribution is -2.16. The Hall–Kier alpha value is -2.09. The first kappa shape index (κ1) is 14.3. The van der Waals surface area contributed by atoms with Crippen LogP contribution in [-0.2, 0) is 10.0 Å². The molecule has 2 rings (SSSR count). The summed E-state index contributed by atoms with van der Waals surface area (Å²) in [6.45, 7) is 4.91. The molecule has 1 aromatic heterocycles. The van der Waals surface area contributed by atoms with Crippen LogP contribution in [0.2, 0.25) is 0 Å². The molecule has 0 amide bonds. The zero-order chi connectivity index (χ0) is 15.1. The second-order valence-electron chi connectivity index (χ2n) is 4.55. The standard InChI is InChI=1S/C12H15FN4O2S/c1-6-4-9(13)11(5-10(6)14)20(18,19)17-12-7(2)15-16-8(12)3/h4-5,17H,14H2,1-3H3,(H,15,16). The van der Waals surface area contributed by atoms with Crippen LogP contribution in [0.1, 0.15) is 17.0 Å². The number of H-pyrrole nitrogens is 1. The zero-order valence-corrected chi connectivity index (χ0v) is 12.1. The first-order chi connectivity index (χ1) is 9.22. The van der Waals surface area contributed by atoms with Crippen molar-refractivity contribution in [2.24, 2.45) is 0 Å². The van der Waals surface area contributed by atoms with Gasteiger partial charge in [0.2, 0.25) is 0 Å².